The first kappa shape index (κ1) is 10.6. The zero-order valence-electron chi connectivity index (χ0n) is 6.55. The average Bonchev–Trinajstić information content (AvgIpc) is 2.07. The molecule has 0 amide bonds. The lowest BCUT2D eigenvalue weighted by Crippen LogP contribution is -2.27. The van der Waals surface area contributed by atoms with E-state index in [0.29, 0.717) is 5.78 Å². The molecule has 1 aliphatic heterocycles. The maximum Gasteiger partial charge on any atom is 0.135 e. The summed E-state index contributed by atoms with van der Waals surface area (Å²) in [6.07, 6.45) is 1.47. The fraction of sp³-hybridized carbons (Fsp3) is 0.857. The molecule has 1 aliphatic rings. The zero-order valence-corrected chi connectivity index (χ0v) is 6.55. The van der Waals surface area contributed by atoms with Gasteiger partial charge in [-0.05, 0) is 0 Å². The van der Waals surface area contributed by atoms with Crippen molar-refractivity contribution in [2.75, 3.05) is 26.3 Å². The van der Waals surface area contributed by atoms with E-state index in [2.05, 4.69) is 5.32 Å². The summed E-state index contributed by atoms with van der Waals surface area (Å²) >= 11 is 0. The minimum Gasteiger partial charge on any atom is -0.394 e. The standard InChI is InChI=1S/C5H9NO.C2H6O2/c7-5-1-3-6-4-2-5;3-1-2-4/h6H,1-4H2;3-4H,1-2H2. The lowest BCUT2D eigenvalue weighted by molar-refractivity contribution is -0.119. The van der Waals surface area contributed by atoms with Crippen molar-refractivity contribution in [3.05, 3.63) is 0 Å². The lowest BCUT2D eigenvalue weighted by atomic mass is 10.1. The smallest absolute Gasteiger partial charge is 0.135 e. The van der Waals surface area contributed by atoms with Crippen LogP contribution in [0.25, 0.3) is 0 Å². The van der Waals surface area contributed by atoms with Gasteiger partial charge in [-0.1, -0.05) is 0 Å². The van der Waals surface area contributed by atoms with Gasteiger partial charge in [0.25, 0.3) is 0 Å². The van der Waals surface area contributed by atoms with Crippen molar-refractivity contribution >= 4 is 5.78 Å². The summed E-state index contributed by atoms with van der Waals surface area (Å²) in [6.45, 7) is 1.53. The van der Waals surface area contributed by atoms with Crippen LogP contribution in [0.15, 0.2) is 0 Å². The van der Waals surface area contributed by atoms with Gasteiger partial charge < -0.3 is 15.5 Å². The van der Waals surface area contributed by atoms with Crippen molar-refractivity contribution in [3.8, 4) is 0 Å². The highest BCUT2D eigenvalue weighted by Crippen LogP contribution is 1.91. The fourth-order valence-electron chi connectivity index (χ4n) is 0.706. The van der Waals surface area contributed by atoms with E-state index in [-0.39, 0.29) is 13.2 Å². The van der Waals surface area contributed by atoms with Crippen LogP contribution in [0.3, 0.4) is 0 Å². The van der Waals surface area contributed by atoms with Crippen LogP contribution in [0, 0.1) is 0 Å². The van der Waals surface area contributed by atoms with Gasteiger partial charge in [0.2, 0.25) is 0 Å². The van der Waals surface area contributed by atoms with Crippen LogP contribution >= 0.6 is 0 Å². The summed E-state index contributed by atoms with van der Waals surface area (Å²) in [6, 6.07) is 0. The number of hydrogen-bond donors (Lipinski definition) is 3. The monoisotopic (exact) mass is 161 g/mol. The summed E-state index contributed by atoms with van der Waals surface area (Å²) in [5, 5.41) is 18.3. The van der Waals surface area contributed by atoms with Crippen LogP contribution < -0.4 is 5.32 Å². The Morgan fingerprint density at radius 3 is 1.82 bits per heavy atom. The molecule has 66 valence electrons. The Labute approximate surface area is 66.2 Å². The molecule has 0 unspecified atom stereocenters. The highest BCUT2D eigenvalue weighted by Gasteiger charge is 2.04. The maximum atomic E-state index is 10.4. The Bertz CT molecular complexity index is 95.9. The molecule has 0 atom stereocenters. The second-order valence-corrected chi connectivity index (χ2v) is 2.24. The molecule has 1 fully saturated rings. The first-order valence-electron chi connectivity index (χ1n) is 3.75. The molecule has 4 heteroatoms. The minimum atomic E-state index is -0.125. The molecular weight excluding hydrogens is 146 g/mol. The number of carbonyl (C=O) groups is 1. The Balaban J connectivity index is 0.000000218. The molecule has 0 bridgehead atoms. The molecule has 0 radical (unpaired) electrons. The van der Waals surface area contributed by atoms with E-state index in [1.807, 2.05) is 0 Å². The molecule has 1 rings (SSSR count). The quantitative estimate of drug-likeness (QED) is 0.457. The molecule has 3 N–H and O–H groups in total. The molecule has 0 spiro atoms. The maximum absolute atomic E-state index is 10.4. The Morgan fingerprint density at radius 1 is 1.18 bits per heavy atom. The Morgan fingerprint density at radius 2 is 1.64 bits per heavy atom. The number of hydrogen-bond acceptors (Lipinski definition) is 4. The average molecular weight is 161 g/mol. The normalized spacial score (nSPS) is 17.1. The van der Waals surface area contributed by atoms with Gasteiger partial charge in [-0.25, -0.2) is 0 Å². The van der Waals surface area contributed by atoms with Crippen molar-refractivity contribution in [1.82, 2.24) is 5.32 Å². The highest BCUT2D eigenvalue weighted by atomic mass is 16.3. The number of aliphatic hydroxyl groups is 2. The Kier molecular flexibility index (Phi) is 7.34. The van der Waals surface area contributed by atoms with Crippen LogP contribution in [-0.4, -0.2) is 42.3 Å². The number of nitrogens with one attached hydrogen (secondary N) is 1. The van der Waals surface area contributed by atoms with Crippen LogP contribution in [0.1, 0.15) is 12.8 Å². The second kappa shape index (κ2) is 7.65. The van der Waals surface area contributed by atoms with Gasteiger partial charge in [0.15, 0.2) is 0 Å². The Hall–Kier alpha value is -0.450. The lowest BCUT2D eigenvalue weighted by Gasteiger charge is -2.08. The molecular formula is C7H15NO3. The van der Waals surface area contributed by atoms with Crippen LogP contribution in [0.4, 0.5) is 0 Å². The summed E-state index contributed by atoms with van der Waals surface area (Å²) in [5.74, 6) is 0.402. The van der Waals surface area contributed by atoms with Crippen LogP contribution in [0.2, 0.25) is 0 Å². The predicted molar refractivity (Wildman–Crippen MR) is 41.3 cm³/mol. The summed E-state index contributed by atoms with van der Waals surface area (Å²) in [4.78, 5) is 10.4. The first-order chi connectivity index (χ1) is 5.31. The van der Waals surface area contributed by atoms with Crippen molar-refractivity contribution in [2.45, 2.75) is 12.8 Å². The van der Waals surface area contributed by atoms with Crippen molar-refractivity contribution in [3.63, 3.8) is 0 Å². The third-order valence-electron chi connectivity index (χ3n) is 1.26. The zero-order chi connectivity index (χ0) is 8.53. The third-order valence-corrected chi connectivity index (χ3v) is 1.26. The van der Waals surface area contributed by atoms with E-state index in [4.69, 9.17) is 10.2 Å². The highest BCUT2D eigenvalue weighted by molar-refractivity contribution is 5.79. The van der Waals surface area contributed by atoms with Crippen molar-refractivity contribution in [1.29, 1.82) is 0 Å². The molecule has 4 nitrogen and oxygen atoms in total. The first-order valence-corrected chi connectivity index (χ1v) is 3.75. The molecule has 1 saturated heterocycles. The van der Waals surface area contributed by atoms with E-state index < -0.39 is 0 Å². The summed E-state index contributed by atoms with van der Waals surface area (Å²) < 4.78 is 0. The van der Waals surface area contributed by atoms with Gasteiger partial charge in [-0.15, -0.1) is 0 Å². The summed E-state index contributed by atoms with van der Waals surface area (Å²) in [5.41, 5.74) is 0. The SMILES string of the molecule is O=C1CCNCC1.OCCO. The van der Waals surface area contributed by atoms with E-state index in [1.165, 1.54) is 0 Å². The number of rotatable bonds is 1. The number of carbonyl (C=O) groups excluding carboxylic acids is 1. The predicted octanol–water partition coefficient (Wildman–Crippen LogP) is -1.09. The number of aliphatic hydroxyl groups excluding tert-OH is 2. The molecule has 0 aromatic rings. The summed E-state index contributed by atoms with van der Waals surface area (Å²) in [7, 11) is 0. The van der Waals surface area contributed by atoms with Gasteiger partial charge in [0.1, 0.15) is 5.78 Å². The molecule has 0 aliphatic carbocycles. The van der Waals surface area contributed by atoms with Crippen LogP contribution in [0.5, 0.6) is 0 Å². The van der Waals surface area contributed by atoms with Gasteiger partial charge in [0.05, 0.1) is 13.2 Å². The minimum absolute atomic E-state index is 0.125. The van der Waals surface area contributed by atoms with Gasteiger partial charge in [-0.2, -0.15) is 0 Å². The molecule has 0 aromatic carbocycles. The van der Waals surface area contributed by atoms with Gasteiger partial charge in [0, 0.05) is 25.9 Å². The van der Waals surface area contributed by atoms with E-state index in [1.54, 1.807) is 0 Å². The van der Waals surface area contributed by atoms with E-state index in [9.17, 15) is 4.79 Å². The third kappa shape index (κ3) is 7.45. The molecule has 0 saturated carbocycles. The molecule has 1 heterocycles. The molecule has 0 aromatic heterocycles. The number of Topliss-reactive ketones (excluding diaryl/α,β-unsaturated/α-hetero) is 1. The second-order valence-electron chi connectivity index (χ2n) is 2.24. The van der Waals surface area contributed by atoms with E-state index >= 15 is 0 Å². The topological polar surface area (TPSA) is 69.6 Å². The van der Waals surface area contributed by atoms with Gasteiger partial charge in [-0.3, -0.25) is 4.79 Å². The van der Waals surface area contributed by atoms with E-state index in [0.717, 1.165) is 25.9 Å². The number of piperidine rings is 1. The molecule has 11 heavy (non-hydrogen) atoms. The van der Waals surface area contributed by atoms with Gasteiger partial charge >= 0.3 is 0 Å². The van der Waals surface area contributed by atoms with Crippen molar-refractivity contribution < 1.29 is 15.0 Å². The number of ketones is 1. The van der Waals surface area contributed by atoms with Crippen molar-refractivity contribution in [2.24, 2.45) is 0 Å². The fourth-order valence-corrected chi connectivity index (χ4v) is 0.706. The largest absolute Gasteiger partial charge is 0.394 e. The van der Waals surface area contributed by atoms with Crippen LogP contribution in [-0.2, 0) is 4.79 Å².